The minimum atomic E-state index is -2.07. The van der Waals surface area contributed by atoms with E-state index < -0.39 is 47.5 Å². The Hall–Kier alpha value is -3.90. The van der Waals surface area contributed by atoms with Crippen LogP contribution in [0.3, 0.4) is 0 Å². The van der Waals surface area contributed by atoms with Gasteiger partial charge in [-0.1, -0.05) is 0 Å². The highest BCUT2D eigenvalue weighted by Crippen LogP contribution is 2.45. The molecule has 4 unspecified atom stereocenters. The first-order valence-corrected chi connectivity index (χ1v) is 9.73. The Kier molecular flexibility index (Phi) is 8.38. The van der Waals surface area contributed by atoms with E-state index in [1.807, 2.05) is 0 Å². The summed E-state index contributed by atoms with van der Waals surface area (Å²) >= 11 is 0. The van der Waals surface area contributed by atoms with Crippen molar-refractivity contribution >= 4 is 11.9 Å². The summed E-state index contributed by atoms with van der Waals surface area (Å²) in [6.07, 6.45) is -3.95. The van der Waals surface area contributed by atoms with Gasteiger partial charge >= 0.3 is 11.9 Å². The molecule has 0 aromatic heterocycles. The van der Waals surface area contributed by atoms with Gasteiger partial charge in [-0.2, -0.15) is 0 Å². The topological polar surface area (TPSA) is 192 Å². The number of aromatic hydroxyl groups is 2. The van der Waals surface area contributed by atoms with Gasteiger partial charge in [0.05, 0.1) is 40.6 Å². The second kappa shape index (κ2) is 10.8. The van der Waals surface area contributed by atoms with Crippen LogP contribution in [0.1, 0.15) is 23.3 Å². The first kappa shape index (κ1) is 26.4. The van der Waals surface area contributed by atoms with Crippen molar-refractivity contribution in [2.75, 3.05) is 28.4 Å². The number of phenols is 2. The van der Waals surface area contributed by atoms with Crippen molar-refractivity contribution in [2.24, 2.45) is 11.8 Å². The van der Waals surface area contributed by atoms with Gasteiger partial charge in [0.15, 0.2) is 23.0 Å². The number of carbonyl (C=O) groups is 2. The number of carboxylic acid groups (broad SMARTS) is 2. The molecule has 186 valence electrons. The molecule has 0 saturated heterocycles. The van der Waals surface area contributed by atoms with Crippen molar-refractivity contribution in [1.82, 2.24) is 0 Å². The molecule has 12 heteroatoms. The molecule has 0 amide bonds. The van der Waals surface area contributed by atoms with Gasteiger partial charge in [0, 0.05) is 0 Å². The van der Waals surface area contributed by atoms with Crippen LogP contribution in [0.4, 0.5) is 0 Å². The van der Waals surface area contributed by atoms with Crippen LogP contribution in [-0.2, 0) is 9.59 Å². The first-order chi connectivity index (χ1) is 16.0. The molecule has 0 aliphatic rings. The van der Waals surface area contributed by atoms with Crippen LogP contribution in [0.15, 0.2) is 24.3 Å². The number of benzene rings is 2. The summed E-state index contributed by atoms with van der Waals surface area (Å²) in [5, 5.41) is 61.6. The quantitative estimate of drug-likeness (QED) is 0.269. The van der Waals surface area contributed by atoms with Gasteiger partial charge in [0.1, 0.15) is 11.8 Å². The molecule has 2 aromatic rings. The third-order valence-corrected chi connectivity index (χ3v) is 5.32. The maximum absolute atomic E-state index is 12.1. The van der Waals surface area contributed by atoms with Gasteiger partial charge in [0.25, 0.3) is 0 Å². The zero-order valence-corrected chi connectivity index (χ0v) is 18.8. The number of aliphatic hydroxyl groups is 2. The Labute approximate surface area is 194 Å². The summed E-state index contributed by atoms with van der Waals surface area (Å²) in [4.78, 5) is 24.3. The van der Waals surface area contributed by atoms with E-state index >= 15 is 0 Å². The maximum Gasteiger partial charge on any atom is 0.310 e. The van der Waals surface area contributed by atoms with Crippen LogP contribution in [0.25, 0.3) is 0 Å². The van der Waals surface area contributed by atoms with Crippen molar-refractivity contribution in [3.63, 3.8) is 0 Å². The number of rotatable bonds is 11. The SMILES string of the molecule is COc1cc(C(O)C(C(=O)O)C(C(=O)O)C(O)c2cc(OC)c(O)c(OC)c2)cc(OC)c1O. The summed E-state index contributed by atoms with van der Waals surface area (Å²) in [5.41, 5.74) is -0.281. The summed E-state index contributed by atoms with van der Waals surface area (Å²) in [6, 6.07) is 4.49. The average Bonchev–Trinajstić information content (AvgIpc) is 2.81. The molecule has 2 aromatic carbocycles. The highest BCUT2D eigenvalue weighted by atomic mass is 16.5. The van der Waals surface area contributed by atoms with Gasteiger partial charge in [-0.05, 0) is 35.4 Å². The van der Waals surface area contributed by atoms with E-state index in [4.69, 9.17) is 18.9 Å². The molecule has 0 aliphatic carbocycles. The van der Waals surface area contributed by atoms with Gasteiger partial charge in [-0.25, -0.2) is 0 Å². The molecule has 2 rings (SSSR count). The predicted molar refractivity (Wildman–Crippen MR) is 115 cm³/mol. The Morgan fingerprint density at radius 2 is 0.853 bits per heavy atom. The Bertz CT molecular complexity index is 917. The van der Waals surface area contributed by atoms with Crippen LogP contribution in [0.2, 0.25) is 0 Å². The highest BCUT2D eigenvalue weighted by Gasteiger charge is 2.45. The Morgan fingerprint density at radius 3 is 1.03 bits per heavy atom. The lowest BCUT2D eigenvalue weighted by molar-refractivity contribution is -0.164. The van der Waals surface area contributed by atoms with Gasteiger partial charge < -0.3 is 49.6 Å². The van der Waals surface area contributed by atoms with E-state index in [1.165, 1.54) is 28.4 Å². The molecule has 0 fully saturated rings. The number of methoxy groups -OCH3 is 4. The molecule has 0 aliphatic heterocycles. The maximum atomic E-state index is 12.1. The Balaban J connectivity index is 2.62. The Morgan fingerprint density at radius 1 is 0.618 bits per heavy atom. The van der Waals surface area contributed by atoms with E-state index in [0.29, 0.717) is 0 Å². The molecule has 0 spiro atoms. The van der Waals surface area contributed by atoms with Gasteiger partial charge in [0.2, 0.25) is 11.5 Å². The summed E-state index contributed by atoms with van der Waals surface area (Å²) < 4.78 is 20.0. The lowest BCUT2D eigenvalue weighted by atomic mass is 9.79. The van der Waals surface area contributed by atoms with Crippen LogP contribution in [0.5, 0.6) is 34.5 Å². The van der Waals surface area contributed by atoms with E-state index in [0.717, 1.165) is 24.3 Å². The lowest BCUT2D eigenvalue weighted by Gasteiger charge is -2.29. The van der Waals surface area contributed by atoms with E-state index in [-0.39, 0.29) is 34.1 Å². The van der Waals surface area contributed by atoms with Crippen molar-refractivity contribution in [1.29, 1.82) is 0 Å². The highest BCUT2D eigenvalue weighted by molar-refractivity contribution is 5.81. The predicted octanol–water partition coefficient (Wildman–Crippen LogP) is 1.30. The van der Waals surface area contributed by atoms with Gasteiger partial charge in [-0.3, -0.25) is 9.59 Å². The smallest absolute Gasteiger partial charge is 0.310 e. The third-order valence-electron chi connectivity index (χ3n) is 5.32. The van der Waals surface area contributed by atoms with Crippen molar-refractivity contribution in [2.45, 2.75) is 12.2 Å². The monoisotopic (exact) mass is 482 g/mol. The first-order valence-electron chi connectivity index (χ1n) is 9.73. The van der Waals surface area contributed by atoms with Crippen LogP contribution < -0.4 is 18.9 Å². The van der Waals surface area contributed by atoms with Crippen molar-refractivity contribution < 1.29 is 59.2 Å². The van der Waals surface area contributed by atoms with E-state index in [2.05, 4.69) is 0 Å². The molecule has 0 radical (unpaired) electrons. The van der Waals surface area contributed by atoms with Crippen LogP contribution in [-0.4, -0.2) is 71.0 Å². The lowest BCUT2D eigenvalue weighted by Crippen LogP contribution is -2.38. The molecule has 12 nitrogen and oxygen atoms in total. The molecule has 0 bridgehead atoms. The van der Waals surface area contributed by atoms with Crippen LogP contribution >= 0.6 is 0 Å². The fraction of sp³-hybridized carbons (Fsp3) is 0.364. The van der Waals surface area contributed by atoms with E-state index in [9.17, 15) is 40.2 Å². The largest absolute Gasteiger partial charge is 0.502 e. The number of hydrogen-bond acceptors (Lipinski definition) is 10. The fourth-order valence-electron chi connectivity index (χ4n) is 3.55. The van der Waals surface area contributed by atoms with Crippen molar-refractivity contribution in [3.05, 3.63) is 35.4 Å². The molecule has 0 saturated carbocycles. The third kappa shape index (κ3) is 5.02. The number of carboxylic acids is 2. The minimum Gasteiger partial charge on any atom is -0.502 e. The molecule has 4 atom stereocenters. The standard InChI is InChI=1S/C22H26O12/c1-31-11-5-9(6-12(32-2)19(11)25)17(23)15(21(27)28)16(22(29)30)18(24)10-7-13(33-3)20(26)14(8-10)34-4/h5-8,15-18,23-26H,1-4H3,(H,27,28)(H,29,30). The number of ether oxygens (including phenoxy) is 4. The average molecular weight is 482 g/mol. The van der Waals surface area contributed by atoms with E-state index in [1.54, 1.807) is 0 Å². The molecule has 34 heavy (non-hydrogen) atoms. The van der Waals surface area contributed by atoms with Gasteiger partial charge in [-0.15, -0.1) is 0 Å². The normalized spacial score (nSPS) is 14.4. The summed E-state index contributed by atoms with van der Waals surface area (Å²) in [7, 11) is 4.87. The zero-order valence-electron chi connectivity index (χ0n) is 18.8. The fourth-order valence-corrected chi connectivity index (χ4v) is 3.55. The number of aliphatic carboxylic acids is 2. The number of phenolic OH excluding ortho intramolecular Hbond substituents is 2. The second-order valence-corrected chi connectivity index (χ2v) is 7.17. The van der Waals surface area contributed by atoms with Crippen LogP contribution in [0, 0.1) is 11.8 Å². The second-order valence-electron chi connectivity index (χ2n) is 7.17. The number of aliphatic hydroxyl groups excluding tert-OH is 2. The summed E-state index contributed by atoms with van der Waals surface area (Å²) in [6.45, 7) is 0. The molecule has 6 N–H and O–H groups in total. The zero-order chi connectivity index (χ0) is 25.7. The minimum absolute atomic E-state index is 0.141. The summed E-state index contributed by atoms with van der Waals surface area (Å²) in [5.74, 6) is -9.02. The number of hydrogen-bond donors (Lipinski definition) is 6. The molecular formula is C22H26O12. The van der Waals surface area contributed by atoms with Crippen molar-refractivity contribution in [3.8, 4) is 34.5 Å². The molecule has 0 heterocycles. The molecular weight excluding hydrogens is 456 g/mol.